The van der Waals surface area contributed by atoms with Gasteiger partial charge in [0.1, 0.15) is 17.4 Å². The van der Waals surface area contributed by atoms with Crippen molar-refractivity contribution < 1.29 is 24.7 Å². The number of phenols is 2. The van der Waals surface area contributed by atoms with Crippen molar-refractivity contribution in [3.63, 3.8) is 0 Å². The third kappa shape index (κ3) is 4.07. The van der Waals surface area contributed by atoms with Gasteiger partial charge in [0, 0.05) is 17.3 Å². The molecule has 0 saturated carbocycles. The van der Waals surface area contributed by atoms with Crippen molar-refractivity contribution in [2.45, 2.75) is 0 Å². The van der Waals surface area contributed by atoms with Crippen LogP contribution < -0.4 is 10.1 Å². The fraction of sp³-hybridized carbons (Fsp3) is 0.0588. The summed E-state index contributed by atoms with van der Waals surface area (Å²) in [5, 5.41) is 41.9. The number of nitro benzene ring substituents is 1. The van der Waals surface area contributed by atoms with E-state index in [9.17, 15) is 30.4 Å². The summed E-state index contributed by atoms with van der Waals surface area (Å²) in [6.45, 7) is 0. The van der Waals surface area contributed by atoms with E-state index in [4.69, 9.17) is 4.74 Å². The summed E-state index contributed by atoms with van der Waals surface area (Å²) in [4.78, 5) is 22.5. The maximum atomic E-state index is 12.2. The number of anilines is 1. The number of benzene rings is 2. The standard InChI is InChI=1S/C17H13N3O6/c1-26-15-8-13(20(24)25)7-10(16(15)22)6-11(9-18)17(23)19-12-2-4-14(21)5-3-12/h2-8,21-22H,1H3,(H,19,23). The van der Waals surface area contributed by atoms with Gasteiger partial charge < -0.3 is 20.3 Å². The van der Waals surface area contributed by atoms with Gasteiger partial charge in [-0.1, -0.05) is 0 Å². The molecule has 0 atom stereocenters. The minimum Gasteiger partial charge on any atom is -0.508 e. The van der Waals surface area contributed by atoms with Gasteiger partial charge in [0.25, 0.3) is 11.6 Å². The highest BCUT2D eigenvalue weighted by Gasteiger charge is 2.18. The van der Waals surface area contributed by atoms with Gasteiger partial charge in [-0.3, -0.25) is 14.9 Å². The van der Waals surface area contributed by atoms with Crippen LogP contribution in [0.5, 0.6) is 17.2 Å². The van der Waals surface area contributed by atoms with Crippen LogP contribution in [-0.2, 0) is 4.79 Å². The second kappa shape index (κ2) is 7.67. The molecule has 0 fully saturated rings. The Hall–Kier alpha value is -4.06. The van der Waals surface area contributed by atoms with E-state index in [2.05, 4.69) is 5.32 Å². The Balaban J connectivity index is 2.40. The van der Waals surface area contributed by atoms with E-state index >= 15 is 0 Å². The molecule has 0 aliphatic heterocycles. The van der Waals surface area contributed by atoms with Crippen LogP contribution in [0.1, 0.15) is 5.56 Å². The second-order valence-electron chi connectivity index (χ2n) is 5.01. The van der Waals surface area contributed by atoms with Crippen LogP contribution in [0.25, 0.3) is 6.08 Å². The SMILES string of the molecule is COc1cc([N+](=O)[O-])cc(C=C(C#N)C(=O)Nc2ccc(O)cc2)c1O. The molecular weight excluding hydrogens is 342 g/mol. The van der Waals surface area contributed by atoms with E-state index < -0.39 is 22.2 Å². The molecule has 0 heterocycles. The largest absolute Gasteiger partial charge is 0.508 e. The summed E-state index contributed by atoms with van der Waals surface area (Å²) in [7, 11) is 1.22. The van der Waals surface area contributed by atoms with Gasteiger partial charge >= 0.3 is 0 Å². The lowest BCUT2D eigenvalue weighted by atomic mass is 10.1. The van der Waals surface area contributed by atoms with Gasteiger partial charge in [-0.05, 0) is 30.3 Å². The number of ether oxygens (including phenoxy) is 1. The molecule has 9 heteroatoms. The van der Waals surface area contributed by atoms with Crippen LogP contribution in [-0.4, -0.2) is 28.2 Å². The summed E-state index contributed by atoms with van der Waals surface area (Å²) < 4.78 is 4.87. The zero-order chi connectivity index (χ0) is 19.3. The molecule has 0 aliphatic carbocycles. The quantitative estimate of drug-likeness (QED) is 0.245. The van der Waals surface area contributed by atoms with Gasteiger partial charge in [-0.25, -0.2) is 0 Å². The monoisotopic (exact) mass is 355 g/mol. The highest BCUT2D eigenvalue weighted by molar-refractivity contribution is 6.10. The number of nitriles is 1. The van der Waals surface area contributed by atoms with Gasteiger partial charge in [0.05, 0.1) is 18.1 Å². The Kier molecular flexibility index (Phi) is 5.40. The molecule has 0 aromatic heterocycles. The third-order valence-electron chi connectivity index (χ3n) is 3.31. The molecule has 1 amide bonds. The minimum absolute atomic E-state index is 0.00709. The van der Waals surface area contributed by atoms with E-state index in [0.29, 0.717) is 5.69 Å². The van der Waals surface area contributed by atoms with Crippen LogP contribution in [0.2, 0.25) is 0 Å². The number of nitrogens with zero attached hydrogens (tertiary/aromatic N) is 2. The molecule has 26 heavy (non-hydrogen) atoms. The van der Waals surface area contributed by atoms with Crippen LogP contribution in [0.3, 0.4) is 0 Å². The highest BCUT2D eigenvalue weighted by atomic mass is 16.6. The molecule has 0 unspecified atom stereocenters. The van der Waals surface area contributed by atoms with E-state index in [0.717, 1.165) is 18.2 Å². The summed E-state index contributed by atoms with van der Waals surface area (Å²) in [5.74, 6) is -1.39. The van der Waals surface area contributed by atoms with Crippen molar-refractivity contribution in [1.29, 1.82) is 5.26 Å². The summed E-state index contributed by atoms with van der Waals surface area (Å²) in [6, 6.07) is 9.27. The predicted octanol–water partition coefficient (Wildman–Crippen LogP) is 2.56. The summed E-state index contributed by atoms with van der Waals surface area (Å²) in [5.41, 5.74) is -0.554. The van der Waals surface area contributed by atoms with Crippen molar-refractivity contribution in [2.24, 2.45) is 0 Å². The average Bonchev–Trinajstić information content (AvgIpc) is 2.62. The van der Waals surface area contributed by atoms with Crippen molar-refractivity contribution in [3.8, 4) is 23.3 Å². The number of phenolic OH excluding ortho intramolecular Hbond substituents is 2. The van der Waals surface area contributed by atoms with Crippen molar-refractivity contribution in [3.05, 3.63) is 57.6 Å². The minimum atomic E-state index is -0.789. The molecule has 0 saturated heterocycles. The zero-order valence-corrected chi connectivity index (χ0v) is 13.5. The molecule has 132 valence electrons. The number of amides is 1. The van der Waals surface area contributed by atoms with Gasteiger partial charge in [-0.2, -0.15) is 5.26 Å². The molecule has 0 spiro atoms. The zero-order valence-electron chi connectivity index (χ0n) is 13.5. The molecule has 9 nitrogen and oxygen atoms in total. The number of aromatic hydroxyl groups is 2. The Labute approximate surface area is 147 Å². The van der Waals surface area contributed by atoms with Crippen molar-refractivity contribution in [1.82, 2.24) is 0 Å². The number of non-ortho nitro benzene ring substituents is 1. The molecule has 3 N–H and O–H groups in total. The lowest BCUT2D eigenvalue weighted by Gasteiger charge is -2.08. The topological polar surface area (TPSA) is 146 Å². The third-order valence-corrected chi connectivity index (χ3v) is 3.31. The van der Waals surface area contributed by atoms with Crippen molar-refractivity contribution >= 4 is 23.4 Å². The van der Waals surface area contributed by atoms with Crippen LogP contribution in [0.4, 0.5) is 11.4 Å². The van der Waals surface area contributed by atoms with E-state index in [1.165, 1.54) is 31.4 Å². The Morgan fingerprint density at radius 3 is 2.50 bits per heavy atom. The molecule has 2 aromatic carbocycles. The first kappa shape index (κ1) is 18.3. The Morgan fingerprint density at radius 1 is 1.31 bits per heavy atom. The van der Waals surface area contributed by atoms with Crippen LogP contribution >= 0.6 is 0 Å². The van der Waals surface area contributed by atoms with Gasteiger partial charge in [0.15, 0.2) is 11.5 Å². The normalized spacial score (nSPS) is 10.7. The number of rotatable bonds is 5. The number of methoxy groups -OCH3 is 1. The maximum absolute atomic E-state index is 12.2. The van der Waals surface area contributed by atoms with Gasteiger partial charge in [-0.15, -0.1) is 0 Å². The summed E-state index contributed by atoms with van der Waals surface area (Å²) >= 11 is 0. The molecule has 0 radical (unpaired) electrons. The number of nitro groups is 1. The number of hydrogen-bond donors (Lipinski definition) is 3. The lowest BCUT2D eigenvalue weighted by Crippen LogP contribution is -2.13. The Bertz CT molecular complexity index is 929. The number of hydrogen-bond acceptors (Lipinski definition) is 7. The number of carbonyl (C=O) groups excluding carboxylic acids is 1. The molecule has 2 rings (SSSR count). The fourth-order valence-corrected chi connectivity index (χ4v) is 2.03. The number of carbonyl (C=O) groups is 1. The van der Waals surface area contributed by atoms with Crippen LogP contribution in [0, 0.1) is 21.4 Å². The second-order valence-corrected chi connectivity index (χ2v) is 5.01. The van der Waals surface area contributed by atoms with E-state index in [-0.39, 0.29) is 22.7 Å². The van der Waals surface area contributed by atoms with E-state index in [1.807, 2.05) is 0 Å². The smallest absolute Gasteiger partial charge is 0.274 e. The maximum Gasteiger partial charge on any atom is 0.274 e. The lowest BCUT2D eigenvalue weighted by molar-refractivity contribution is -0.385. The average molecular weight is 355 g/mol. The van der Waals surface area contributed by atoms with Crippen molar-refractivity contribution in [2.75, 3.05) is 12.4 Å². The molecule has 0 bridgehead atoms. The molecule has 0 aliphatic rings. The van der Waals surface area contributed by atoms with Crippen LogP contribution in [0.15, 0.2) is 42.0 Å². The first-order valence-corrected chi connectivity index (χ1v) is 7.13. The predicted molar refractivity (Wildman–Crippen MR) is 91.6 cm³/mol. The molecular formula is C17H13N3O6. The Morgan fingerprint density at radius 2 is 1.96 bits per heavy atom. The number of nitrogens with one attached hydrogen (secondary N) is 1. The first-order valence-electron chi connectivity index (χ1n) is 7.13. The van der Waals surface area contributed by atoms with Gasteiger partial charge in [0.2, 0.25) is 0 Å². The molecule has 2 aromatic rings. The summed E-state index contributed by atoms with van der Waals surface area (Å²) in [6.07, 6.45) is 1.01. The fourth-order valence-electron chi connectivity index (χ4n) is 2.03. The first-order chi connectivity index (χ1) is 12.3. The van der Waals surface area contributed by atoms with E-state index in [1.54, 1.807) is 6.07 Å². The highest BCUT2D eigenvalue weighted by Crippen LogP contribution is 2.35.